The highest BCUT2D eigenvalue weighted by molar-refractivity contribution is 5.94. The van der Waals surface area contributed by atoms with E-state index in [0.29, 0.717) is 6.42 Å². The van der Waals surface area contributed by atoms with Crippen molar-refractivity contribution in [2.45, 2.75) is 94.3 Å². The first-order valence-electron chi connectivity index (χ1n) is 13.0. The van der Waals surface area contributed by atoms with Crippen molar-refractivity contribution in [3.8, 4) is 6.07 Å². The monoisotopic (exact) mass is 541 g/mol. The third-order valence-electron chi connectivity index (χ3n) is 9.23. The molecule has 38 heavy (non-hydrogen) atoms. The highest BCUT2D eigenvalue weighted by Crippen LogP contribution is 2.65. The van der Waals surface area contributed by atoms with Crippen molar-refractivity contribution in [2.75, 3.05) is 6.54 Å². The highest BCUT2D eigenvalue weighted by atomic mass is 19.4. The summed E-state index contributed by atoms with van der Waals surface area (Å²) in [7, 11) is 0. The Hall–Kier alpha value is -2.91. The van der Waals surface area contributed by atoms with E-state index in [1.54, 1.807) is 5.32 Å². The van der Waals surface area contributed by atoms with Crippen LogP contribution < -0.4 is 16.0 Å². The Kier molecular flexibility index (Phi) is 6.00. The molecule has 2 saturated heterocycles. The first kappa shape index (κ1) is 26.7. The molecule has 1 spiro atoms. The standard InChI is InChI=1S/C25H31F4N5O4/c1-22(2)14-11-34(20(37)15(9-23(26)3-4-23)32-21(38)25(27,28)29)17(16(14)22)19(36)31-13(10-30)7-12-8-24(5-6-24)33-18(12)35/h12-17H,3-9,11H2,1-2H3,(H,31,36)(H,32,38)(H,33,35)/t12-,13+,14?,15+,16?,17?/m1/s1. The van der Waals surface area contributed by atoms with Gasteiger partial charge in [-0.3, -0.25) is 19.2 Å². The first-order valence-corrected chi connectivity index (χ1v) is 13.0. The molecule has 0 aromatic carbocycles. The molecule has 6 atom stereocenters. The Labute approximate surface area is 217 Å². The van der Waals surface area contributed by atoms with Gasteiger partial charge in [0.1, 0.15) is 23.8 Å². The lowest BCUT2D eigenvalue weighted by Gasteiger charge is -2.34. The van der Waals surface area contributed by atoms with E-state index < -0.39 is 60.0 Å². The lowest BCUT2D eigenvalue weighted by Crippen LogP contribution is -2.58. The molecular formula is C25H31F4N5O4. The summed E-state index contributed by atoms with van der Waals surface area (Å²) < 4.78 is 53.4. The number of carbonyl (C=O) groups is 4. The number of nitriles is 1. The van der Waals surface area contributed by atoms with E-state index in [1.807, 2.05) is 19.9 Å². The summed E-state index contributed by atoms with van der Waals surface area (Å²) in [4.78, 5) is 52.0. The summed E-state index contributed by atoms with van der Waals surface area (Å²) in [5, 5.41) is 16.9. The van der Waals surface area contributed by atoms with E-state index >= 15 is 0 Å². The average molecular weight is 542 g/mol. The van der Waals surface area contributed by atoms with Crippen LogP contribution in [0.25, 0.3) is 0 Å². The molecule has 5 fully saturated rings. The van der Waals surface area contributed by atoms with Gasteiger partial charge in [0.25, 0.3) is 0 Å². The Balaban J connectivity index is 1.31. The number of hydrogen-bond acceptors (Lipinski definition) is 5. The number of carbonyl (C=O) groups excluding carboxylic acids is 4. The zero-order valence-corrected chi connectivity index (χ0v) is 21.2. The van der Waals surface area contributed by atoms with Gasteiger partial charge in [-0.15, -0.1) is 0 Å². The summed E-state index contributed by atoms with van der Waals surface area (Å²) in [5.41, 5.74) is -2.37. The van der Waals surface area contributed by atoms with Gasteiger partial charge in [-0.1, -0.05) is 13.8 Å². The minimum absolute atomic E-state index is 0.0665. The molecule has 3 saturated carbocycles. The van der Waals surface area contributed by atoms with Gasteiger partial charge in [0.15, 0.2) is 0 Å². The molecular weight excluding hydrogens is 510 g/mol. The number of likely N-dealkylation sites (tertiary alicyclic amines) is 1. The Bertz CT molecular complexity index is 1110. The van der Waals surface area contributed by atoms with Crippen LogP contribution in [0.1, 0.15) is 58.8 Å². The number of alkyl halides is 4. The van der Waals surface area contributed by atoms with Crippen LogP contribution >= 0.6 is 0 Å². The molecule has 0 radical (unpaired) electrons. The SMILES string of the molecule is CC1(C)C2CN(C(=O)[C@H](CC3(F)CC3)NC(=O)C(F)(F)F)C(C(=O)N[C@H](C#N)C[C@@H]3CC4(CC4)NC3=O)C21. The van der Waals surface area contributed by atoms with Gasteiger partial charge in [-0.05, 0) is 55.8 Å². The Morgan fingerprint density at radius 2 is 1.84 bits per heavy atom. The van der Waals surface area contributed by atoms with Crippen molar-refractivity contribution in [3.63, 3.8) is 0 Å². The molecule has 3 unspecified atom stereocenters. The van der Waals surface area contributed by atoms with Crippen molar-refractivity contribution in [2.24, 2.45) is 23.2 Å². The maximum Gasteiger partial charge on any atom is 0.471 e. The Morgan fingerprint density at radius 1 is 1.18 bits per heavy atom. The smallest absolute Gasteiger partial charge is 0.350 e. The normalized spacial score (nSPS) is 32.4. The van der Waals surface area contributed by atoms with E-state index in [4.69, 9.17) is 0 Å². The largest absolute Gasteiger partial charge is 0.471 e. The van der Waals surface area contributed by atoms with Crippen molar-refractivity contribution < 1.29 is 36.7 Å². The number of rotatable bonds is 8. The second-order valence-electron chi connectivity index (χ2n) is 12.4. The van der Waals surface area contributed by atoms with Gasteiger partial charge in [0.05, 0.1) is 6.07 Å². The van der Waals surface area contributed by atoms with Crippen LogP contribution in [0.4, 0.5) is 17.6 Å². The van der Waals surface area contributed by atoms with E-state index in [9.17, 15) is 42.0 Å². The van der Waals surface area contributed by atoms with Crippen LogP contribution in [0.3, 0.4) is 0 Å². The predicted molar refractivity (Wildman–Crippen MR) is 122 cm³/mol. The lowest BCUT2D eigenvalue weighted by atomic mass is 9.95. The number of amides is 4. The summed E-state index contributed by atoms with van der Waals surface area (Å²) in [6, 6.07) is -1.88. The van der Waals surface area contributed by atoms with Crippen LogP contribution in [0.5, 0.6) is 0 Å². The fraction of sp³-hybridized carbons (Fsp3) is 0.800. The molecule has 3 N–H and O–H groups in total. The van der Waals surface area contributed by atoms with Crippen LogP contribution in [0, 0.1) is 34.5 Å². The van der Waals surface area contributed by atoms with Crippen LogP contribution in [0.15, 0.2) is 0 Å². The third-order valence-corrected chi connectivity index (χ3v) is 9.23. The zero-order chi connectivity index (χ0) is 27.8. The second kappa shape index (κ2) is 8.55. The molecule has 5 rings (SSSR count). The summed E-state index contributed by atoms with van der Waals surface area (Å²) in [5.74, 6) is -4.97. The van der Waals surface area contributed by atoms with Gasteiger partial charge in [0, 0.05) is 24.4 Å². The maximum absolute atomic E-state index is 14.6. The molecule has 3 aliphatic carbocycles. The number of nitrogens with one attached hydrogen (secondary N) is 3. The van der Waals surface area contributed by atoms with E-state index in [0.717, 1.165) is 17.7 Å². The van der Waals surface area contributed by atoms with E-state index in [1.165, 1.54) is 0 Å². The molecule has 208 valence electrons. The van der Waals surface area contributed by atoms with Crippen LogP contribution in [-0.4, -0.2) is 70.6 Å². The van der Waals surface area contributed by atoms with Crippen molar-refractivity contribution in [1.29, 1.82) is 5.26 Å². The summed E-state index contributed by atoms with van der Waals surface area (Å²) in [6.45, 7) is 3.89. The molecule has 2 heterocycles. The van der Waals surface area contributed by atoms with Gasteiger partial charge < -0.3 is 20.9 Å². The molecule has 0 bridgehead atoms. The number of nitrogens with zero attached hydrogens (tertiary/aromatic N) is 2. The predicted octanol–water partition coefficient (Wildman–Crippen LogP) is 1.48. The number of halogens is 4. The summed E-state index contributed by atoms with van der Waals surface area (Å²) in [6.07, 6.45) is -3.30. The molecule has 0 aromatic rings. The molecule has 13 heteroatoms. The Morgan fingerprint density at radius 3 is 2.37 bits per heavy atom. The van der Waals surface area contributed by atoms with Crippen molar-refractivity contribution in [1.82, 2.24) is 20.9 Å². The fourth-order valence-electron chi connectivity index (χ4n) is 6.49. The second-order valence-corrected chi connectivity index (χ2v) is 12.4. The maximum atomic E-state index is 14.6. The van der Waals surface area contributed by atoms with Gasteiger partial charge in [-0.2, -0.15) is 18.4 Å². The lowest BCUT2D eigenvalue weighted by molar-refractivity contribution is -0.175. The molecule has 4 amide bonds. The van der Waals surface area contributed by atoms with Gasteiger partial charge in [0.2, 0.25) is 17.7 Å². The van der Waals surface area contributed by atoms with E-state index in [-0.39, 0.29) is 54.5 Å². The molecule has 2 aliphatic heterocycles. The average Bonchev–Trinajstić information content (AvgIpc) is 3.74. The topological polar surface area (TPSA) is 131 Å². The summed E-state index contributed by atoms with van der Waals surface area (Å²) >= 11 is 0. The number of fused-ring (bicyclic) bond motifs is 1. The molecule has 0 aromatic heterocycles. The first-order chi connectivity index (χ1) is 17.6. The third kappa shape index (κ3) is 4.82. The minimum Gasteiger partial charge on any atom is -0.350 e. The zero-order valence-electron chi connectivity index (χ0n) is 21.2. The molecule has 5 aliphatic rings. The number of hydrogen-bond donors (Lipinski definition) is 3. The minimum atomic E-state index is -5.26. The van der Waals surface area contributed by atoms with Crippen LogP contribution in [-0.2, 0) is 19.2 Å². The highest BCUT2D eigenvalue weighted by Gasteiger charge is 2.70. The van der Waals surface area contributed by atoms with E-state index in [2.05, 4.69) is 10.6 Å². The van der Waals surface area contributed by atoms with Crippen LogP contribution in [0.2, 0.25) is 0 Å². The van der Waals surface area contributed by atoms with Crippen molar-refractivity contribution >= 4 is 23.6 Å². The molecule has 9 nitrogen and oxygen atoms in total. The van der Waals surface area contributed by atoms with Gasteiger partial charge in [-0.25, -0.2) is 4.39 Å². The number of piperidine rings is 1. The van der Waals surface area contributed by atoms with Crippen molar-refractivity contribution in [3.05, 3.63) is 0 Å². The fourth-order valence-corrected chi connectivity index (χ4v) is 6.49. The van der Waals surface area contributed by atoms with Gasteiger partial charge >= 0.3 is 12.1 Å². The quantitative estimate of drug-likeness (QED) is 0.401.